The molecule has 0 heterocycles. The van der Waals surface area contributed by atoms with Crippen LogP contribution in [0.3, 0.4) is 0 Å². The molecule has 0 spiro atoms. The van der Waals surface area contributed by atoms with Crippen LogP contribution in [-0.2, 0) is 6.42 Å². The van der Waals surface area contributed by atoms with Crippen LogP contribution in [0.5, 0.6) is 11.5 Å². The normalized spacial score (nSPS) is 11.3. The lowest BCUT2D eigenvalue weighted by molar-refractivity contribution is 0.298. The lowest BCUT2D eigenvalue weighted by Gasteiger charge is -2.13. The van der Waals surface area contributed by atoms with Gasteiger partial charge in [-0.25, -0.2) is 0 Å². The molecule has 0 aromatic heterocycles. The van der Waals surface area contributed by atoms with Crippen LogP contribution in [0.15, 0.2) is 53.7 Å². The van der Waals surface area contributed by atoms with Gasteiger partial charge >= 0.3 is 0 Å². The third-order valence-electron chi connectivity index (χ3n) is 2.84. The number of amidine groups is 1. The number of para-hydroxylation sites is 2. The Morgan fingerprint density at radius 3 is 2.40 bits per heavy atom. The topological polar surface area (TPSA) is 88.1 Å². The van der Waals surface area contributed by atoms with Gasteiger partial charge in [0.1, 0.15) is 11.5 Å². The van der Waals surface area contributed by atoms with E-state index >= 15 is 0 Å². The first-order valence-corrected chi connectivity index (χ1v) is 6.20. The molecule has 4 N–H and O–H groups in total. The summed E-state index contributed by atoms with van der Waals surface area (Å²) in [5, 5.41) is 20.8. The van der Waals surface area contributed by atoms with E-state index in [1.165, 1.54) is 0 Å². The molecule has 0 saturated carbocycles. The summed E-state index contributed by atoms with van der Waals surface area (Å²) in [5.41, 5.74) is 7.03. The first-order chi connectivity index (χ1) is 9.76. The van der Waals surface area contributed by atoms with E-state index in [9.17, 15) is 0 Å². The first kappa shape index (κ1) is 13.9. The summed E-state index contributed by atoms with van der Waals surface area (Å²) in [5.74, 6) is 1.12. The second kappa shape index (κ2) is 6.58. The van der Waals surface area contributed by atoms with E-state index in [1.54, 1.807) is 24.3 Å². The number of nitrogens with zero attached hydrogens (tertiary/aromatic N) is 1. The van der Waals surface area contributed by atoms with Gasteiger partial charge in [0.15, 0.2) is 5.84 Å². The molecule has 5 heteroatoms. The van der Waals surface area contributed by atoms with Crippen LogP contribution >= 0.6 is 0 Å². The second-order valence-corrected chi connectivity index (χ2v) is 4.16. The molecule has 0 atom stereocenters. The van der Waals surface area contributed by atoms with Crippen LogP contribution in [0.4, 0.5) is 0 Å². The SMILES string of the molecule is N/C(=N/O)c1ccccc1Oc1ccccc1CCO. The zero-order chi connectivity index (χ0) is 14.4. The van der Waals surface area contributed by atoms with Crippen molar-refractivity contribution >= 4 is 5.84 Å². The minimum atomic E-state index is -0.0137. The van der Waals surface area contributed by atoms with Gasteiger partial charge in [0.25, 0.3) is 0 Å². The van der Waals surface area contributed by atoms with Crippen molar-refractivity contribution in [3.05, 3.63) is 59.7 Å². The molecule has 0 radical (unpaired) electrons. The highest BCUT2D eigenvalue weighted by molar-refractivity contribution is 5.99. The Hall–Kier alpha value is -2.53. The number of nitrogens with two attached hydrogens (primary N) is 1. The number of aliphatic hydroxyl groups excluding tert-OH is 1. The van der Waals surface area contributed by atoms with Gasteiger partial charge in [0, 0.05) is 6.61 Å². The summed E-state index contributed by atoms with van der Waals surface area (Å²) in [6, 6.07) is 14.5. The number of ether oxygens (including phenoxy) is 1. The van der Waals surface area contributed by atoms with E-state index in [4.69, 9.17) is 20.8 Å². The quantitative estimate of drug-likeness (QED) is 0.336. The van der Waals surface area contributed by atoms with Gasteiger partial charge in [-0.15, -0.1) is 0 Å². The molecular formula is C15H16N2O3. The van der Waals surface area contributed by atoms with Gasteiger partial charge in [-0.3, -0.25) is 0 Å². The van der Waals surface area contributed by atoms with E-state index in [0.717, 1.165) is 5.56 Å². The number of rotatable bonds is 5. The summed E-state index contributed by atoms with van der Waals surface area (Å²) in [6.07, 6.45) is 0.502. The Kier molecular flexibility index (Phi) is 4.57. The minimum Gasteiger partial charge on any atom is -0.456 e. The largest absolute Gasteiger partial charge is 0.456 e. The van der Waals surface area contributed by atoms with E-state index in [0.29, 0.717) is 23.5 Å². The smallest absolute Gasteiger partial charge is 0.173 e. The summed E-state index contributed by atoms with van der Waals surface area (Å²) in [4.78, 5) is 0. The zero-order valence-corrected chi connectivity index (χ0v) is 10.9. The van der Waals surface area contributed by atoms with E-state index in [-0.39, 0.29) is 12.4 Å². The highest BCUT2D eigenvalue weighted by atomic mass is 16.5. The molecule has 0 aliphatic rings. The molecule has 2 rings (SSSR count). The van der Waals surface area contributed by atoms with Gasteiger partial charge in [0.05, 0.1) is 5.56 Å². The molecule has 0 aliphatic heterocycles. The Morgan fingerprint density at radius 2 is 1.70 bits per heavy atom. The average molecular weight is 272 g/mol. The van der Waals surface area contributed by atoms with Crippen LogP contribution in [-0.4, -0.2) is 22.8 Å². The summed E-state index contributed by atoms with van der Waals surface area (Å²) in [7, 11) is 0. The summed E-state index contributed by atoms with van der Waals surface area (Å²) < 4.78 is 5.83. The molecule has 0 unspecified atom stereocenters. The van der Waals surface area contributed by atoms with E-state index < -0.39 is 0 Å². The molecule has 0 amide bonds. The number of hydrogen-bond acceptors (Lipinski definition) is 4. The van der Waals surface area contributed by atoms with Crippen LogP contribution in [0.2, 0.25) is 0 Å². The highest BCUT2D eigenvalue weighted by Crippen LogP contribution is 2.28. The van der Waals surface area contributed by atoms with Crippen LogP contribution in [0.1, 0.15) is 11.1 Å². The standard InChI is InChI=1S/C15H16N2O3/c16-15(17-19)12-6-2-4-8-14(12)20-13-7-3-1-5-11(13)9-10-18/h1-8,18-19H,9-10H2,(H2,16,17). The average Bonchev–Trinajstić information content (AvgIpc) is 2.49. The molecule has 20 heavy (non-hydrogen) atoms. The minimum absolute atomic E-state index is 0.0137. The summed E-state index contributed by atoms with van der Waals surface area (Å²) in [6.45, 7) is 0.0439. The fraction of sp³-hybridized carbons (Fsp3) is 0.133. The maximum Gasteiger partial charge on any atom is 0.173 e. The van der Waals surface area contributed by atoms with Gasteiger partial charge < -0.3 is 20.8 Å². The lowest BCUT2D eigenvalue weighted by atomic mass is 10.1. The fourth-order valence-electron chi connectivity index (χ4n) is 1.87. The maximum atomic E-state index is 9.06. The van der Waals surface area contributed by atoms with Crippen molar-refractivity contribution in [3.8, 4) is 11.5 Å². The fourth-order valence-corrected chi connectivity index (χ4v) is 1.87. The van der Waals surface area contributed by atoms with Gasteiger partial charge in [-0.2, -0.15) is 0 Å². The molecule has 2 aromatic rings. The third kappa shape index (κ3) is 3.07. The van der Waals surface area contributed by atoms with Crippen LogP contribution < -0.4 is 10.5 Å². The van der Waals surface area contributed by atoms with Crippen molar-refractivity contribution in [1.82, 2.24) is 0 Å². The predicted octanol–water partition coefficient (Wildman–Crippen LogP) is 2.11. The second-order valence-electron chi connectivity index (χ2n) is 4.16. The Balaban J connectivity index is 2.36. The molecule has 5 nitrogen and oxygen atoms in total. The number of hydrogen-bond donors (Lipinski definition) is 3. The van der Waals surface area contributed by atoms with Crippen molar-refractivity contribution in [2.24, 2.45) is 10.9 Å². The van der Waals surface area contributed by atoms with E-state index in [2.05, 4.69) is 5.16 Å². The third-order valence-corrected chi connectivity index (χ3v) is 2.84. The Bertz CT molecular complexity index is 612. The molecule has 0 aliphatic carbocycles. The molecule has 0 saturated heterocycles. The number of oxime groups is 1. The zero-order valence-electron chi connectivity index (χ0n) is 10.9. The number of benzene rings is 2. The molecular weight excluding hydrogens is 256 g/mol. The van der Waals surface area contributed by atoms with Gasteiger partial charge in [0.2, 0.25) is 0 Å². The van der Waals surface area contributed by atoms with Crippen LogP contribution in [0, 0.1) is 0 Å². The predicted molar refractivity (Wildman–Crippen MR) is 76.3 cm³/mol. The molecule has 0 bridgehead atoms. The van der Waals surface area contributed by atoms with Crippen LogP contribution in [0.25, 0.3) is 0 Å². The van der Waals surface area contributed by atoms with Crippen molar-refractivity contribution in [2.45, 2.75) is 6.42 Å². The van der Waals surface area contributed by atoms with Crippen molar-refractivity contribution in [3.63, 3.8) is 0 Å². The van der Waals surface area contributed by atoms with Crippen molar-refractivity contribution in [1.29, 1.82) is 0 Å². The molecule has 0 fully saturated rings. The molecule has 104 valence electrons. The van der Waals surface area contributed by atoms with E-state index in [1.807, 2.05) is 24.3 Å². The van der Waals surface area contributed by atoms with Crippen molar-refractivity contribution < 1.29 is 15.1 Å². The first-order valence-electron chi connectivity index (χ1n) is 6.20. The van der Waals surface area contributed by atoms with Gasteiger partial charge in [-0.1, -0.05) is 35.5 Å². The number of aliphatic hydroxyl groups is 1. The summed E-state index contributed by atoms with van der Waals surface area (Å²) >= 11 is 0. The van der Waals surface area contributed by atoms with Crippen molar-refractivity contribution in [2.75, 3.05) is 6.61 Å². The lowest BCUT2D eigenvalue weighted by Crippen LogP contribution is -2.14. The highest BCUT2D eigenvalue weighted by Gasteiger charge is 2.10. The monoisotopic (exact) mass is 272 g/mol. The van der Waals surface area contributed by atoms with Gasteiger partial charge in [-0.05, 0) is 30.2 Å². The Morgan fingerprint density at radius 1 is 1.05 bits per heavy atom. The maximum absolute atomic E-state index is 9.06. The Labute approximate surface area is 116 Å². The molecule has 2 aromatic carbocycles.